The molecule has 0 aliphatic heterocycles. The van der Waals surface area contributed by atoms with Gasteiger partial charge >= 0.3 is 0 Å². The highest BCUT2D eigenvalue weighted by Crippen LogP contribution is 2.38. The molecule has 0 unspecified atom stereocenters. The fourth-order valence-corrected chi connectivity index (χ4v) is 1.93. The summed E-state index contributed by atoms with van der Waals surface area (Å²) >= 11 is 9.09. The normalized spacial score (nSPS) is 11.1. The van der Waals surface area contributed by atoms with Gasteiger partial charge in [0.1, 0.15) is 5.75 Å². The van der Waals surface area contributed by atoms with Crippen LogP contribution in [0.2, 0.25) is 5.02 Å². The van der Waals surface area contributed by atoms with Gasteiger partial charge in [-0.1, -0.05) is 17.5 Å². The van der Waals surface area contributed by atoms with E-state index in [4.69, 9.17) is 18.0 Å². The number of phenolic OH excluding ortho intramolecular Hbond substituents is 1. The number of phenols is 1. The molecule has 1 aromatic rings. The van der Waals surface area contributed by atoms with Crippen molar-refractivity contribution in [1.29, 1.82) is 0 Å². The first-order valence-electron chi connectivity index (χ1n) is 4.04. The lowest BCUT2D eigenvalue weighted by atomic mass is 9.85. The van der Waals surface area contributed by atoms with Gasteiger partial charge in [-0.25, -0.2) is 0 Å². The van der Waals surface area contributed by atoms with Gasteiger partial charge < -0.3 is 5.11 Å². The predicted octanol–water partition coefficient (Wildman–Crippen LogP) is 3.72. The Hall–Kier alpha value is -0.650. The van der Waals surface area contributed by atoms with Gasteiger partial charge in [-0.05, 0) is 41.9 Å². The van der Waals surface area contributed by atoms with E-state index in [1.807, 2.05) is 13.8 Å². The molecular formula is C11H10BrClO. The molecule has 0 bridgehead atoms. The molecule has 1 nitrogen and oxygen atoms in total. The van der Waals surface area contributed by atoms with Crippen LogP contribution in [0, 0.1) is 12.3 Å². The number of hydrogen-bond donors (Lipinski definition) is 1. The summed E-state index contributed by atoms with van der Waals surface area (Å²) in [5.41, 5.74) is 0.122. The van der Waals surface area contributed by atoms with E-state index >= 15 is 0 Å². The Kier molecular flexibility index (Phi) is 3.14. The van der Waals surface area contributed by atoms with Crippen LogP contribution >= 0.6 is 27.5 Å². The van der Waals surface area contributed by atoms with E-state index in [1.54, 1.807) is 12.1 Å². The van der Waals surface area contributed by atoms with Crippen molar-refractivity contribution >= 4 is 27.5 Å². The average molecular weight is 274 g/mol. The third-order valence-corrected chi connectivity index (χ3v) is 2.89. The van der Waals surface area contributed by atoms with Crippen LogP contribution in [0.4, 0.5) is 0 Å². The van der Waals surface area contributed by atoms with Crippen molar-refractivity contribution in [2.45, 2.75) is 19.3 Å². The molecule has 3 heteroatoms. The van der Waals surface area contributed by atoms with Crippen molar-refractivity contribution < 1.29 is 5.11 Å². The molecule has 0 amide bonds. The molecule has 0 aromatic heterocycles. The molecule has 1 rings (SSSR count). The SMILES string of the molecule is C#CC(C)(C)c1cc(Cl)cc(Br)c1O. The molecule has 0 spiro atoms. The van der Waals surface area contributed by atoms with Crippen molar-refractivity contribution in [3.63, 3.8) is 0 Å². The second kappa shape index (κ2) is 3.84. The van der Waals surface area contributed by atoms with E-state index in [0.29, 0.717) is 15.1 Å². The molecule has 1 N–H and O–H groups in total. The molecule has 0 saturated heterocycles. The Morgan fingerprint density at radius 3 is 2.57 bits per heavy atom. The van der Waals surface area contributed by atoms with Crippen molar-refractivity contribution in [2.24, 2.45) is 0 Å². The Morgan fingerprint density at radius 2 is 2.07 bits per heavy atom. The number of terminal acetylenes is 1. The minimum absolute atomic E-state index is 0.150. The lowest BCUT2D eigenvalue weighted by molar-refractivity contribution is 0.454. The monoisotopic (exact) mass is 272 g/mol. The lowest BCUT2D eigenvalue weighted by Gasteiger charge is -2.20. The summed E-state index contributed by atoms with van der Waals surface area (Å²) in [5, 5.41) is 10.3. The van der Waals surface area contributed by atoms with Gasteiger partial charge in [-0.15, -0.1) is 6.42 Å². The summed E-state index contributed by atoms with van der Waals surface area (Å²) in [6, 6.07) is 3.31. The second-order valence-electron chi connectivity index (χ2n) is 3.55. The zero-order valence-electron chi connectivity index (χ0n) is 7.94. The first-order valence-corrected chi connectivity index (χ1v) is 5.22. The van der Waals surface area contributed by atoms with E-state index in [-0.39, 0.29) is 5.75 Å². The van der Waals surface area contributed by atoms with Gasteiger partial charge in [0.25, 0.3) is 0 Å². The van der Waals surface area contributed by atoms with Crippen LogP contribution in [0.3, 0.4) is 0 Å². The van der Waals surface area contributed by atoms with Crippen LogP contribution in [0.1, 0.15) is 19.4 Å². The summed E-state index contributed by atoms with van der Waals surface area (Å²) in [4.78, 5) is 0. The quantitative estimate of drug-likeness (QED) is 0.773. The zero-order valence-corrected chi connectivity index (χ0v) is 10.3. The van der Waals surface area contributed by atoms with Crippen molar-refractivity contribution in [1.82, 2.24) is 0 Å². The van der Waals surface area contributed by atoms with Gasteiger partial charge in [0.05, 0.1) is 9.89 Å². The molecule has 0 aliphatic carbocycles. The minimum atomic E-state index is -0.530. The molecule has 0 aliphatic rings. The molecule has 0 atom stereocenters. The minimum Gasteiger partial charge on any atom is -0.506 e. The fraction of sp³-hybridized carbons (Fsp3) is 0.273. The number of aromatic hydroxyl groups is 1. The topological polar surface area (TPSA) is 20.2 Å². The van der Waals surface area contributed by atoms with Crippen LogP contribution < -0.4 is 0 Å². The highest BCUT2D eigenvalue weighted by Gasteiger charge is 2.23. The number of halogens is 2. The Morgan fingerprint density at radius 1 is 1.50 bits per heavy atom. The number of benzene rings is 1. The van der Waals surface area contributed by atoms with Crippen LogP contribution in [0.15, 0.2) is 16.6 Å². The number of rotatable bonds is 1. The van der Waals surface area contributed by atoms with Gasteiger partial charge in [0.15, 0.2) is 0 Å². The Bertz CT molecular complexity index is 404. The maximum absolute atomic E-state index is 9.79. The van der Waals surface area contributed by atoms with Crippen LogP contribution in [-0.2, 0) is 5.41 Å². The molecule has 74 valence electrons. The average Bonchev–Trinajstić information content (AvgIpc) is 2.11. The van der Waals surface area contributed by atoms with E-state index in [1.165, 1.54) is 0 Å². The van der Waals surface area contributed by atoms with Crippen LogP contribution in [0.5, 0.6) is 5.75 Å². The first kappa shape index (κ1) is 11.4. The molecule has 0 saturated carbocycles. The van der Waals surface area contributed by atoms with Crippen molar-refractivity contribution in [2.75, 3.05) is 0 Å². The zero-order chi connectivity index (χ0) is 10.9. The molecule has 14 heavy (non-hydrogen) atoms. The summed E-state index contributed by atoms with van der Waals surface area (Å²) in [5.74, 6) is 2.76. The van der Waals surface area contributed by atoms with E-state index in [9.17, 15) is 5.11 Å². The smallest absolute Gasteiger partial charge is 0.134 e. The van der Waals surface area contributed by atoms with Gasteiger partial charge in [-0.3, -0.25) is 0 Å². The lowest BCUT2D eigenvalue weighted by Crippen LogP contribution is -2.14. The van der Waals surface area contributed by atoms with E-state index in [0.717, 1.165) is 0 Å². The van der Waals surface area contributed by atoms with Crippen molar-refractivity contribution in [3.8, 4) is 18.1 Å². The largest absolute Gasteiger partial charge is 0.506 e. The summed E-state index contributed by atoms with van der Waals surface area (Å²) < 4.78 is 0.559. The maximum Gasteiger partial charge on any atom is 0.134 e. The predicted molar refractivity (Wildman–Crippen MR) is 62.7 cm³/mol. The van der Waals surface area contributed by atoms with Gasteiger partial charge in [0, 0.05) is 10.6 Å². The Balaban J connectivity index is 3.44. The molecule has 1 aromatic carbocycles. The van der Waals surface area contributed by atoms with Crippen LogP contribution in [-0.4, -0.2) is 5.11 Å². The summed E-state index contributed by atoms with van der Waals surface area (Å²) in [7, 11) is 0. The number of hydrogen-bond acceptors (Lipinski definition) is 1. The van der Waals surface area contributed by atoms with Crippen LogP contribution in [0.25, 0.3) is 0 Å². The third kappa shape index (κ3) is 2.05. The highest BCUT2D eigenvalue weighted by molar-refractivity contribution is 9.10. The van der Waals surface area contributed by atoms with Gasteiger partial charge in [0.2, 0.25) is 0 Å². The molecule has 0 radical (unpaired) electrons. The highest BCUT2D eigenvalue weighted by atomic mass is 79.9. The van der Waals surface area contributed by atoms with Crippen molar-refractivity contribution in [3.05, 3.63) is 27.2 Å². The summed E-state index contributed by atoms with van der Waals surface area (Å²) in [6.07, 6.45) is 5.39. The Labute approximate surface area is 97.2 Å². The summed E-state index contributed by atoms with van der Waals surface area (Å²) in [6.45, 7) is 3.70. The third-order valence-electron chi connectivity index (χ3n) is 2.06. The molecule has 0 heterocycles. The molecule has 0 fully saturated rings. The fourth-order valence-electron chi connectivity index (χ4n) is 1.12. The second-order valence-corrected chi connectivity index (χ2v) is 4.84. The maximum atomic E-state index is 9.79. The molecular weight excluding hydrogens is 263 g/mol. The van der Waals surface area contributed by atoms with Gasteiger partial charge in [-0.2, -0.15) is 0 Å². The van der Waals surface area contributed by atoms with E-state index < -0.39 is 5.41 Å². The first-order chi connectivity index (χ1) is 6.38. The standard InChI is InChI=1S/C11H10BrClO/c1-4-11(2,3)8-5-7(13)6-9(12)10(8)14/h1,5-6,14H,2-3H3. The van der Waals surface area contributed by atoms with E-state index in [2.05, 4.69) is 21.9 Å².